The Hall–Kier alpha value is 1.66. The fourth-order valence-corrected chi connectivity index (χ4v) is 1.08. The first-order valence-electron chi connectivity index (χ1n) is 2.84. The molecule has 0 amide bonds. The minimum atomic E-state index is 0. The standard InChI is InChI=1S/C6H13NOS.Rb/c1-6(8)5-9-4-3-7-2;/h7-8H,1,3-5H2,2H3;/q;+1/p-1. The van der Waals surface area contributed by atoms with E-state index in [2.05, 4.69) is 11.9 Å². The Morgan fingerprint density at radius 2 is 2.30 bits per heavy atom. The van der Waals surface area contributed by atoms with Gasteiger partial charge in [0.05, 0.1) is 0 Å². The van der Waals surface area contributed by atoms with Crippen molar-refractivity contribution in [3.8, 4) is 0 Å². The fourth-order valence-electron chi connectivity index (χ4n) is 0.360. The molecule has 0 saturated carbocycles. The monoisotopic (exact) mass is 231 g/mol. The molecule has 0 aliphatic rings. The summed E-state index contributed by atoms with van der Waals surface area (Å²) < 4.78 is 0. The van der Waals surface area contributed by atoms with Gasteiger partial charge in [0.25, 0.3) is 0 Å². The van der Waals surface area contributed by atoms with Gasteiger partial charge in [-0.2, -0.15) is 11.8 Å². The van der Waals surface area contributed by atoms with Crippen molar-refractivity contribution < 1.29 is 63.3 Å². The Labute approximate surface area is 116 Å². The van der Waals surface area contributed by atoms with Gasteiger partial charge in [0.2, 0.25) is 0 Å². The van der Waals surface area contributed by atoms with Gasteiger partial charge in [-0.3, -0.25) is 0 Å². The Morgan fingerprint density at radius 3 is 2.70 bits per heavy atom. The largest absolute Gasteiger partial charge is 1.00 e. The smallest absolute Gasteiger partial charge is 0.875 e. The number of thioether (sulfide) groups is 1. The summed E-state index contributed by atoms with van der Waals surface area (Å²) in [5, 5.41) is 13.2. The predicted molar refractivity (Wildman–Crippen MR) is 40.4 cm³/mol. The summed E-state index contributed by atoms with van der Waals surface area (Å²) in [6.07, 6.45) is 0. The molecular weight excluding hydrogens is 220 g/mol. The third kappa shape index (κ3) is 12.3. The van der Waals surface area contributed by atoms with Gasteiger partial charge in [-0.05, 0) is 7.05 Å². The summed E-state index contributed by atoms with van der Waals surface area (Å²) in [6.45, 7) is 4.21. The van der Waals surface area contributed by atoms with Crippen LogP contribution in [-0.2, 0) is 0 Å². The van der Waals surface area contributed by atoms with Crippen LogP contribution in [0, 0.1) is 0 Å². The van der Waals surface area contributed by atoms with E-state index in [4.69, 9.17) is 0 Å². The van der Waals surface area contributed by atoms with Crippen molar-refractivity contribution in [2.45, 2.75) is 0 Å². The molecule has 10 heavy (non-hydrogen) atoms. The molecule has 0 rings (SSSR count). The Bertz CT molecular complexity index is 89.8. The maximum absolute atomic E-state index is 10.3. The SMILES string of the molecule is C=C([O-])CSCCNC.[Rb+]. The topological polar surface area (TPSA) is 35.1 Å². The molecular formula is C6H12NORbS. The van der Waals surface area contributed by atoms with Gasteiger partial charge in [-0.15, -0.1) is 12.3 Å². The maximum Gasteiger partial charge on any atom is 1.00 e. The van der Waals surface area contributed by atoms with Crippen LogP contribution < -0.4 is 68.6 Å². The zero-order valence-electron chi connectivity index (χ0n) is 6.64. The van der Waals surface area contributed by atoms with Gasteiger partial charge in [0.1, 0.15) is 0 Å². The van der Waals surface area contributed by atoms with Crippen molar-refractivity contribution in [2.24, 2.45) is 0 Å². The summed E-state index contributed by atoms with van der Waals surface area (Å²) in [7, 11) is 1.90. The quantitative estimate of drug-likeness (QED) is 0.400. The van der Waals surface area contributed by atoms with Crippen molar-refractivity contribution in [3.05, 3.63) is 12.3 Å². The van der Waals surface area contributed by atoms with E-state index in [1.807, 2.05) is 7.05 Å². The molecule has 1 N–H and O–H groups in total. The molecule has 54 valence electrons. The summed E-state index contributed by atoms with van der Waals surface area (Å²) in [5.41, 5.74) is 0. The van der Waals surface area contributed by atoms with E-state index in [0.29, 0.717) is 5.75 Å². The van der Waals surface area contributed by atoms with Crippen molar-refractivity contribution in [1.29, 1.82) is 0 Å². The van der Waals surface area contributed by atoms with Crippen molar-refractivity contribution in [2.75, 3.05) is 25.1 Å². The number of rotatable bonds is 5. The molecule has 0 aliphatic heterocycles. The molecule has 0 bridgehead atoms. The molecule has 0 aromatic heterocycles. The molecule has 0 radical (unpaired) electrons. The van der Waals surface area contributed by atoms with Crippen LogP contribution in [0.25, 0.3) is 0 Å². The summed E-state index contributed by atoms with van der Waals surface area (Å²) in [6, 6.07) is 0. The second kappa shape index (κ2) is 10.7. The molecule has 0 saturated heterocycles. The van der Waals surface area contributed by atoms with Crippen LogP contribution >= 0.6 is 11.8 Å². The van der Waals surface area contributed by atoms with Crippen LogP contribution in [0.15, 0.2) is 12.3 Å². The first-order valence-corrected chi connectivity index (χ1v) is 4.00. The maximum atomic E-state index is 10.3. The van der Waals surface area contributed by atoms with E-state index in [-0.39, 0.29) is 63.9 Å². The third-order valence-corrected chi connectivity index (χ3v) is 1.78. The summed E-state index contributed by atoms with van der Waals surface area (Å²) in [4.78, 5) is 0. The predicted octanol–water partition coefficient (Wildman–Crippen LogP) is -3.18. The minimum absolute atomic E-state index is 0. The van der Waals surface area contributed by atoms with Crippen molar-refractivity contribution >= 4 is 11.8 Å². The first-order chi connectivity index (χ1) is 4.27. The Balaban J connectivity index is 0. The van der Waals surface area contributed by atoms with Crippen LogP contribution in [0.4, 0.5) is 0 Å². The zero-order valence-corrected chi connectivity index (χ0v) is 12.4. The summed E-state index contributed by atoms with van der Waals surface area (Å²) in [5.74, 6) is 1.54. The zero-order chi connectivity index (χ0) is 7.11. The molecule has 0 aromatic carbocycles. The average molecular weight is 232 g/mol. The van der Waals surface area contributed by atoms with Gasteiger partial charge in [-0.25, -0.2) is 0 Å². The number of hydrogen-bond acceptors (Lipinski definition) is 3. The van der Waals surface area contributed by atoms with E-state index < -0.39 is 0 Å². The van der Waals surface area contributed by atoms with Crippen molar-refractivity contribution in [1.82, 2.24) is 5.32 Å². The molecule has 0 fully saturated rings. The Kier molecular flexibility index (Phi) is 15.1. The average Bonchev–Trinajstić information content (AvgIpc) is 1.80. The molecule has 0 heterocycles. The van der Waals surface area contributed by atoms with E-state index >= 15 is 0 Å². The third-order valence-electron chi connectivity index (χ3n) is 0.759. The fraction of sp³-hybridized carbons (Fsp3) is 0.667. The molecule has 4 heteroatoms. The van der Waals surface area contributed by atoms with Gasteiger partial charge in [0.15, 0.2) is 0 Å². The molecule has 0 spiro atoms. The minimum Gasteiger partial charge on any atom is -0.875 e. The second-order valence-corrected chi connectivity index (χ2v) is 2.80. The molecule has 2 nitrogen and oxygen atoms in total. The van der Waals surface area contributed by atoms with E-state index in [0.717, 1.165) is 12.3 Å². The summed E-state index contributed by atoms with van der Waals surface area (Å²) >= 11 is 1.61. The second-order valence-electron chi connectivity index (χ2n) is 1.69. The Morgan fingerprint density at radius 1 is 1.70 bits per heavy atom. The molecule has 0 atom stereocenters. The van der Waals surface area contributed by atoms with Gasteiger partial charge >= 0.3 is 58.2 Å². The first kappa shape index (κ1) is 14.2. The normalized spacial score (nSPS) is 8.50. The van der Waals surface area contributed by atoms with Crippen LogP contribution in [0.3, 0.4) is 0 Å². The van der Waals surface area contributed by atoms with Gasteiger partial charge in [0, 0.05) is 18.1 Å². The van der Waals surface area contributed by atoms with Crippen LogP contribution in [0.5, 0.6) is 0 Å². The number of hydrogen-bond donors (Lipinski definition) is 1. The van der Waals surface area contributed by atoms with E-state index in [1.54, 1.807) is 11.8 Å². The molecule has 0 unspecified atom stereocenters. The number of nitrogens with one attached hydrogen (secondary N) is 1. The van der Waals surface area contributed by atoms with Crippen LogP contribution in [0.2, 0.25) is 0 Å². The van der Waals surface area contributed by atoms with E-state index in [9.17, 15) is 5.11 Å². The van der Waals surface area contributed by atoms with E-state index in [1.165, 1.54) is 0 Å². The van der Waals surface area contributed by atoms with Crippen LogP contribution in [0.1, 0.15) is 0 Å². The molecule has 0 aliphatic carbocycles. The van der Waals surface area contributed by atoms with Crippen LogP contribution in [-0.4, -0.2) is 25.1 Å². The van der Waals surface area contributed by atoms with Gasteiger partial charge < -0.3 is 10.4 Å². The van der Waals surface area contributed by atoms with Crippen molar-refractivity contribution in [3.63, 3.8) is 0 Å². The molecule has 0 aromatic rings. The van der Waals surface area contributed by atoms with Gasteiger partial charge in [-0.1, -0.05) is 0 Å².